The van der Waals surface area contributed by atoms with Crippen molar-refractivity contribution < 1.29 is 40.2 Å². The zero-order valence-corrected chi connectivity index (χ0v) is 17.9. The number of rotatable bonds is 0. The van der Waals surface area contributed by atoms with Crippen LogP contribution in [0.3, 0.4) is 0 Å². The third-order valence-electron chi connectivity index (χ3n) is 5.84. The van der Waals surface area contributed by atoms with E-state index in [4.69, 9.17) is 5.84 Å². The molecule has 0 bridgehead atoms. The van der Waals surface area contributed by atoms with Gasteiger partial charge in [-0.2, -0.15) is 45.0 Å². The largest absolute Gasteiger partial charge is 0.435 e. The van der Waals surface area contributed by atoms with Crippen molar-refractivity contribution in [3.05, 3.63) is 33.9 Å². The average Bonchev–Trinajstić information content (AvgIpc) is 3.24. The molecule has 0 saturated heterocycles. The first-order valence-corrected chi connectivity index (χ1v) is 10.3. The summed E-state index contributed by atoms with van der Waals surface area (Å²) in [5, 5.41) is 15.8. The molecule has 0 spiro atoms. The number of alkyl halides is 8. The van der Waals surface area contributed by atoms with Crippen LogP contribution >= 0.6 is 0 Å². The maximum absolute atomic E-state index is 13.6. The number of hydrogen-bond acceptors (Lipinski definition) is 4. The standard InChI is InChI=1S/C9H7F5N2.C8H10F3N3O.C2H6/c1-16-7-5(6(15-16)9(12,13)14)3-2-4(3)8(7,10)11;9-8(10,11)7-5-3-4(15)1-2-6(5)14(12)13-7;1-2/h3-4H,2H2,1H3;4,15H,1-3,12H2;1-2H3. The van der Waals surface area contributed by atoms with Crippen LogP contribution in [0.4, 0.5) is 35.1 Å². The molecule has 0 aromatic carbocycles. The van der Waals surface area contributed by atoms with E-state index in [-0.39, 0.29) is 24.0 Å². The number of fused-ring (bicyclic) bond motifs is 4. The number of aromatic nitrogens is 4. The molecule has 3 aliphatic carbocycles. The molecule has 3 atom stereocenters. The van der Waals surface area contributed by atoms with Crippen LogP contribution in [0.1, 0.15) is 66.5 Å². The van der Waals surface area contributed by atoms with Crippen molar-refractivity contribution >= 4 is 0 Å². The summed E-state index contributed by atoms with van der Waals surface area (Å²) in [4.78, 5) is 0.768. The normalized spacial score (nSPS) is 24.5. The molecule has 2 aromatic heterocycles. The average molecular weight is 489 g/mol. The number of nitrogens with zero attached hydrogens (tertiary/aromatic N) is 4. The van der Waals surface area contributed by atoms with Gasteiger partial charge in [0.25, 0.3) is 5.92 Å². The summed E-state index contributed by atoms with van der Waals surface area (Å²) in [5.41, 5.74) is -2.56. The fourth-order valence-electron chi connectivity index (χ4n) is 4.44. The fraction of sp³-hybridized carbons (Fsp3) is 0.684. The van der Waals surface area contributed by atoms with Crippen LogP contribution in [-0.4, -0.2) is 30.9 Å². The molecule has 1 fully saturated rings. The van der Waals surface area contributed by atoms with Crippen LogP contribution in [0.25, 0.3) is 0 Å². The highest BCUT2D eigenvalue weighted by molar-refractivity contribution is 5.46. The van der Waals surface area contributed by atoms with Crippen LogP contribution in [-0.2, 0) is 38.2 Å². The Kier molecular flexibility index (Phi) is 6.22. The topological polar surface area (TPSA) is 81.9 Å². The molecule has 33 heavy (non-hydrogen) atoms. The van der Waals surface area contributed by atoms with Gasteiger partial charge in [-0.15, -0.1) is 5.10 Å². The molecule has 1 saturated carbocycles. The van der Waals surface area contributed by atoms with E-state index >= 15 is 0 Å². The first-order valence-electron chi connectivity index (χ1n) is 10.3. The molecule has 5 rings (SSSR count). The summed E-state index contributed by atoms with van der Waals surface area (Å²) in [6.45, 7) is 4.00. The monoisotopic (exact) mass is 489 g/mol. The number of aryl methyl sites for hydroxylation is 1. The van der Waals surface area contributed by atoms with Gasteiger partial charge in [0, 0.05) is 30.5 Å². The lowest BCUT2D eigenvalue weighted by atomic mass is 9.93. The molecule has 0 aliphatic heterocycles. The van der Waals surface area contributed by atoms with E-state index in [1.54, 1.807) is 0 Å². The summed E-state index contributed by atoms with van der Waals surface area (Å²) >= 11 is 0. The third-order valence-corrected chi connectivity index (χ3v) is 5.84. The van der Waals surface area contributed by atoms with Gasteiger partial charge in [0.1, 0.15) is 5.69 Å². The second kappa shape index (κ2) is 8.13. The van der Waals surface area contributed by atoms with Crippen molar-refractivity contribution in [1.82, 2.24) is 19.7 Å². The molecular formula is C19H23F8N5O. The molecule has 2 aromatic rings. The zero-order chi connectivity index (χ0) is 25.1. The van der Waals surface area contributed by atoms with Crippen molar-refractivity contribution in [3.8, 4) is 0 Å². The second-order valence-electron chi connectivity index (χ2n) is 7.92. The van der Waals surface area contributed by atoms with Gasteiger partial charge in [-0.3, -0.25) is 4.68 Å². The van der Waals surface area contributed by atoms with Gasteiger partial charge in [0.2, 0.25) is 0 Å². The number of nitrogens with two attached hydrogens (primary N) is 1. The Balaban J connectivity index is 0.000000173. The van der Waals surface area contributed by atoms with Crippen molar-refractivity contribution in [1.29, 1.82) is 0 Å². The predicted molar refractivity (Wildman–Crippen MR) is 99.7 cm³/mol. The zero-order valence-electron chi connectivity index (χ0n) is 17.9. The maximum atomic E-state index is 13.6. The summed E-state index contributed by atoms with van der Waals surface area (Å²) in [7, 11) is 1.13. The van der Waals surface area contributed by atoms with E-state index in [2.05, 4.69) is 10.2 Å². The Bertz CT molecular complexity index is 1020. The van der Waals surface area contributed by atoms with E-state index in [0.29, 0.717) is 23.2 Å². The van der Waals surface area contributed by atoms with Crippen LogP contribution in [0, 0.1) is 5.92 Å². The van der Waals surface area contributed by atoms with Crippen molar-refractivity contribution in [2.45, 2.75) is 69.8 Å². The molecule has 14 heteroatoms. The minimum absolute atomic E-state index is 0.0264. The first-order chi connectivity index (χ1) is 15.1. The quantitative estimate of drug-likeness (QED) is 0.431. The molecule has 3 N–H and O–H groups in total. The summed E-state index contributed by atoms with van der Waals surface area (Å²) in [5.74, 6) is 0.559. The third kappa shape index (κ3) is 4.28. The second-order valence-corrected chi connectivity index (χ2v) is 7.92. The summed E-state index contributed by atoms with van der Waals surface area (Å²) in [6.07, 6.45) is -9.04. The Morgan fingerprint density at radius 1 is 1.03 bits per heavy atom. The number of aliphatic hydroxyl groups excluding tert-OH is 1. The van der Waals surface area contributed by atoms with Crippen LogP contribution in [0.15, 0.2) is 0 Å². The van der Waals surface area contributed by atoms with Gasteiger partial charge >= 0.3 is 12.4 Å². The van der Waals surface area contributed by atoms with E-state index in [9.17, 15) is 40.2 Å². The highest BCUT2D eigenvalue weighted by Crippen LogP contribution is 2.68. The lowest BCUT2D eigenvalue weighted by Crippen LogP contribution is -2.23. The van der Waals surface area contributed by atoms with Crippen LogP contribution in [0.2, 0.25) is 0 Å². The lowest BCUT2D eigenvalue weighted by molar-refractivity contribution is -0.142. The van der Waals surface area contributed by atoms with Gasteiger partial charge < -0.3 is 10.9 Å². The number of hydrogen-bond donors (Lipinski definition) is 2. The van der Waals surface area contributed by atoms with Crippen molar-refractivity contribution in [2.75, 3.05) is 5.84 Å². The Hall–Kier alpha value is -2.38. The molecule has 3 aliphatic rings. The first kappa shape index (κ1) is 25.2. The molecule has 3 unspecified atom stereocenters. The van der Waals surface area contributed by atoms with Gasteiger partial charge in [0.05, 0.1) is 11.8 Å². The van der Waals surface area contributed by atoms with E-state index < -0.39 is 53.3 Å². The Labute approximate surface area is 183 Å². The molecule has 186 valence electrons. The smallest absolute Gasteiger partial charge is 0.393 e. The van der Waals surface area contributed by atoms with Crippen LogP contribution < -0.4 is 5.84 Å². The number of aliphatic hydroxyl groups is 1. The highest BCUT2D eigenvalue weighted by atomic mass is 19.4. The number of nitrogen functional groups attached to an aromatic ring is 1. The minimum atomic E-state index is -4.65. The lowest BCUT2D eigenvalue weighted by Gasteiger charge is -2.18. The van der Waals surface area contributed by atoms with E-state index in [1.807, 2.05) is 13.8 Å². The molecule has 2 heterocycles. The van der Waals surface area contributed by atoms with E-state index in [0.717, 1.165) is 11.8 Å². The minimum Gasteiger partial charge on any atom is -0.393 e. The fourth-order valence-corrected chi connectivity index (χ4v) is 4.44. The van der Waals surface area contributed by atoms with Crippen molar-refractivity contribution in [2.24, 2.45) is 13.0 Å². The van der Waals surface area contributed by atoms with Crippen molar-refractivity contribution in [3.63, 3.8) is 0 Å². The predicted octanol–water partition coefficient (Wildman–Crippen LogP) is 4.14. The Morgan fingerprint density at radius 3 is 2.15 bits per heavy atom. The highest BCUT2D eigenvalue weighted by Gasteiger charge is 2.68. The maximum Gasteiger partial charge on any atom is 0.435 e. The van der Waals surface area contributed by atoms with Gasteiger partial charge in [-0.25, -0.2) is 0 Å². The summed E-state index contributed by atoms with van der Waals surface area (Å²) in [6, 6.07) is 0. The van der Waals surface area contributed by atoms with Gasteiger partial charge in [-0.05, 0) is 25.2 Å². The molecular weight excluding hydrogens is 466 g/mol. The van der Waals surface area contributed by atoms with Gasteiger partial charge in [-0.1, -0.05) is 13.8 Å². The SMILES string of the molecule is CC.Cn1nc(C(F)(F)F)c2c1C(F)(F)C1CC21.Nn1nc(C(F)(F)F)c2c1CCC(O)C2. The Morgan fingerprint density at radius 2 is 1.61 bits per heavy atom. The molecule has 0 radical (unpaired) electrons. The van der Waals surface area contributed by atoms with Crippen LogP contribution in [0.5, 0.6) is 0 Å². The molecule has 6 nitrogen and oxygen atoms in total. The summed E-state index contributed by atoms with van der Waals surface area (Å²) < 4.78 is 103. The van der Waals surface area contributed by atoms with E-state index in [1.165, 1.54) is 0 Å². The number of halogens is 8. The molecule has 0 amide bonds. The van der Waals surface area contributed by atoms with Gasteiger partial charge in [0.15, 0.2) is 11.4 Å².